The van der Waals surface area contributed by atoms with Crippen LogP contribution in [-0.2, 0) is 4.79 Å². The van der Waals surface area contributed by atoms with Gasteiger partial charge in [-0.1, -0.05) is 0 Å². The van der Waals surface area contributed by atoms with Crippen molar-refractivity contribution in [1.29, 1.82) is 0 Å². The molecule has 1 aliphatic rings. The third-order valence-corrected chi connectivity index (χ3v) is 2.64. The van der Waals surface area contributed by atoms with E-state index in [0.29, 0.717) is 29.8 Å². The number of aliphatic imine (C=N–C) groups is 1. The molecule has 1 aromatic rings. The van der Waals surface area contributed by atoms with Crippen LogP contribution in [-0.4, -0.2) is 16.6 Å². The highest BCUT2D eigenvalue weighted by molar-refractivity contribution is 6.23. The second kappa shape index (κ2) is 4.49. The van der Waals surface area contributed by atoms with Crippen molar-refractivity contribution in [2.45, 2.75) is 19.8 Å². The molecule has 1 aliphatic carbocycles. The topological polar surface area (TPSA) is 49.7 Å². The molecule has 88 valence electrons. The highest BCUT2D eigenvalue weighted by atomic mass is 19.1. The quantitative estimate of drug-likeness (QED) is 0.798. The fourth-order valence-corrected chi connectivity index (χ4v) is 1.82. The number of aliphatic hydroxyl groups is 1. The summed E-state index contributed by atoms with van der Waals surface area (Å²) in [5, 5.41) is 9.57. The lowest BCUT2D eigenvalue weighted by Crippen LogP contribution is -2.06. The normalized spacial score (nSPS) is 16.8. The first-order chi connectivity index (χ1) is 8.08. The zero-order valence-corrected chi connectivity index (χ0v) is 9.40. The number of hydrogen-bond acceptors (Lipinski definition) is 3. The van der Waals surface area contributed by atoms with Gasteiger partial charge in [0.1, 0.15) is 11.6 Å². The number of carbonyl (C=O) groups excluding carboxylic acids is 1. The second-order valence-corrected chi connectivity index (χ2v) is 3.92. The Morgan fingerprint density at radius 1 is 1.29 bits per heavy atom. The average Bonchev–Trinajstić information content (AvgIpc) is 2.62. The Kier molecular flexibility index (Phi) is 3.04. The van der Waals surface area contributed by atoms with Crippen molar-refractivity contribution >= 4 is 17.2 Å². The summed E-state index contributed by atoms with van der Waals surface area (Å²) in [5.41, 5.74) is 1.33. The van der Waals surface area contributed by atoms with Gasteiger partial charge in [0.2, 0.25) is 0 Å². The van der Waals surface area contributed by atoms with Gasteiger partial charge in [0.25, 0.3) is 0 Å². The van der Waals surface area contributed by atoms with E-state index in [0.717, 1.165) is 0 Å². The van der Waals surface area contributed by atoms with Crippen molar-refractivity contribution in [3.05, 3.63) is 41.4 Å². The van der Waals surface area contributed by atoms with E-state index in [1.54, 1.807) is 6.92 Å². The summed E-state index contributed by atoms with van der Waals surface area (Å²) in [4.78, 5) is 15.7. The molecule has 0 fully saturated rings. The minimum Gasteiger partial charge on any atom is -0.511 e. The lowest BCUT2D eigenvalue weighted by molar-refractivity contribution is -0.114. The van der Waals surface area contributed by atoms with Crippen LogP contribution in [0.25, 0.3) is 0 Å². The van der Waals surface area contributed by atoms with Crippen LogP contribution in [0.2, 0.25) is 0 Å². The molecule has 1 aromatic carbocycles. The van der Waals surface area contributed by atoms with Crippen molar-refractivity contribution in [3.8, 4) is 0 Å². The van der Waals surface area contributed by atoms with Gasteiger partial charge in [0.05, 0.1) is 17.0 Å². The van der Waals surface area contributed by atoms with E-state index in [2.05, 4.69) is 4.99 Å². The first-order valence-electron chi connectivity index (χ1n) is 5.34. The van der Waals surface area contributed by atoms with Crippen LogP contribution in [0.1, 0.15) is 19.8 Å². The molecule has 3 nitrogen and oxygen atoms in total. The maximum absolute atomic E-state index is 12.7. The summed E-state index contributed by atoms with van der Waals surface area (Å²) in [7, 11) is 0. The summed E-state index contributed by atoms with van der Waals surface area (Å²) in [6, 6.07) is 5.65. The molecule has 0 radical (unpaired) electrons. The fourth-order valence-electron chi connectivity index (χ4n) is 1.82. The van der Waals surface area contributed by atoms with Crippen LogP contribution in [0.15, 0.2) is 40.6 Å². The molecule has 0 heterocycles. The number of nitrogens with zero attached hydrogens (tertiary/aromatic N) is 1. The van der Waals surface area contributed by atoms with E-state index in [1.807, 2.05) is 0 Å². The van der Waals surface area contributed by atoms with Gasteiger partial charge < -0.3 is 5.11 Å². The molecular formula is C13H12FNO2. The van der Waals surface area contributed by atoms with Crippen LogP contribution in [0.4, 0.5) is 10.1 Å². The molecule has 4 heteroatoms. The Morgan fingerprint density at radius 2 is 1.94 bits per heavy atom. The predicted molar refractivity (Wildman–Crippen MR) is 63.1 cm³/mol. The van der Waals surface area contributed by atoms with Crippen molar-refractivity contribution in [2.24, 2.45) is 4.99 Å². The molecule has 17 heavy (non-hydrogen) atoms. The fraction of sp³-hybridized carbons (Fsp3) is 0.231. The molecule has 2 rings (SSSR count). The van der Waals surface area contributed by atoms with Gasteiger partial charge in [0, 0.05) is 12.8 Å². The van der Waals surface area contributed by atoms with Gasteiger partial charge in [-0.15, -0.1) is 0 Å². The van der Waals surface area contributed by atoms with Crippen LogP contribution in [0.3, 0.4) is 0 Å². The number of carbonyl (C=O) groups is 1. The van der Waals surface area contributed by atoms with Gasteiger partial charge in [0.15, 0.2) is 5.78 Å². The van der Waals surface area contributed by atoms with Crippen molar-refractivity contribution in [3.63, 3.8) is 0 Å². The Hall–Kier alpha value is -1.97. The van der Waals surface area contributed by atoms with E-state index in [4.69, 9.17) is 0 Å². The van der Waals surface area contributed by atoms with Gasteiger partial charge in [-0.05, 0) is 31.2 Å². The molecular weight excluding hydrogens is 221 g/mol. The first kappa shape index (κ1) is 11.5. The monoisotopic (exact) mass is 233 g/mol. The van der Waals surface area contributed by atoms with Crippen molar-refractivity contribution in [1.82, 2.24) is 0 Å². The van der Waals surface area contributed by atoms with E-state index in [1.165, 1.54) is 24.3 Å². The van der Waals surface area contributed by atoms with E-state index in [9.17, 15) is 14.3 Å². The summed E-state index contributed by atoms with van der Waals surface area (Å²) in [6.07, 6.45) is 0.710. The number of benzene rings is 1. The molecule has 0 spiro atoms. The third-order valence-electron chi connectivity index (χ3n) is 2.64. The molecule has 0 unspecified atom stereocenters. The van der Waals surface area contributed by atoms with Gasteiger partial charge in [-0.3, -0.25) is 9.79 Å². The maximum atomic E-state index is 12.7. The first-order valence-corrected chi connectivity index (χ1v) is 5.34. The molecule has 0 amide bonds. The van der Waals surface area contributed by atoms with Gasteiger partial charge in [-0.25, -0.2) is 4.39 Å². The predicted octanol–water partition coefficient (Wildman–Crippen LogP) is 3.09. The number of rotatable bonds is 2. The second-order valence-electron chi connectivity index (χ2n) is 3.92. The van der Waals surface area contributed by atoms with Crippen molar-refractivity contribution in [2.75, 3.05) is 0 Å². The summed E-state index contributed by atoms with van der Waals surface area (Å²) >= 11 is 0. The van der Waals surface area contributed by atoms with Crippen LogP contribution in [0.5, 0.6) is 0 Å². The zero-order valence-electron chi connectivity index (χ0n) is 9.40. The number of halogens is 1. The van der Waals surface area contributed by atoms with Crippen molar-refractivity contribution < 1.29 is 14.3 Å². The standard InChI is InChI=1S/C13H12FNO2/c1-8(13-11(16)6-7-12(13)17)15-10-4-2-9(14)3-5-10/h2-5,16H,6-7H2,1H3. The number of allylic oxidation sites excluding steroid dienone is 2. The SMILES string of the molecule is CC(=Nc1ccc(F)cc1)C1=C(O)CCC1=O. The van der Waals surface area contributed by atoms with Crippen LogP contribution < -0.4 is 0 Å². The van der Waals surface area contributed by atoms with Crippen LogP contribution in [0, 0.1) is 5.82 Å². The lowest BCUT2D eigenvalue weighted by Gasteiger charge is -2.01. The minimum absolute atomic E-state index is 0.0918. The van der Waals surface area contributed by atoms with Gasteiger partial charge in [-0.2, -0.15) is 0 Å². The molecule has 0 aliphatic heterocycles. The number of aliphatic hydroxyl groups excluding tert-OH is 1. The largest absolute Gasteiger partial charge is 0.511 e. The third kappa shape index (κ3) is 2.41. The number of hydrogen-bond donors (Lipinski definition) is 1. The Labute approximate surface area is 98.3 Å². The van der Waals surface area contributed by atoms with E-state index < -0.39 is 0 Å². The Bertz CT molecular complexity index is 515. The molecule has 0 atom stereocenters. The zero-order chi connectivity index (χ0) is 12.4. The van der Waals surface area contributed by atoms with Gasteiger partial charge >= 0.3 is 0 Å². The molecule has 1 N–H and O–H groups in total. The summed E-state index contributed by atoms with van der Waals surface area (Å²) in [5.74, 6) is -0.329. The minimum atomic E-state index is -0.333. The number of Topliss-reactive ketones (excluding diaryl/α,β-unsaturated/α-hetero) is 1. The highest BCUT2D eigenvalue weighted by Gasteiger charge is 2.24. The Morgan fingerprint density at radius 3 is 2.47 bits per heavy atom. The highest BCUT2D eigenvalue weighted by Crippen LogP contribution is 2.23. The lowest BCUT2D eigenvalue weighted by atomic mass is 10.1. The molecule has 0 aromatic heterocycles. The summed E-state index contributed by atoms with van der Waals surface area (Å²) < 4.78 is 12.7. The summed E-state index contributed by atoms with van der Waals surface area (Å²) in [6.45, 7) is 1.66. The van der Waals surface area contributed by atoms with E-state index in [-0.39, 0.29) is 17.4 Å². The smallest absolute Gasteiger partial charge is 0.168 e. The molecule has 0 bridgehead atoms. The van der Waals surface area contributed by atoms with Crippen LogP contribution >= 0.6 is 0 Å². The molecule has 0 saturated carbocycles. The molecule has 0 saturated heterocycles. The van der Waals surface area contributed by atoms with E-state index >= 15 is 0 Å². The average molecular weight is 233 g/mol. The maximum Gasteiger partial charge on any atom is 0.168 e. The Balaban J connectivity index is 2.31. The number of ketones is 1.